The van der Waals surface area contributed by atoms with Gasteiger partial charge >= 0.3 is 12.1 Å². The summed E-state index contributed by atoms with van der Waals surface area (Å²) in [6, 6.07) is 11.8. The van der Waals surface area contributed by atoms with E-state index in [4.69, 9.17) is 0 Å². The van der Waals surface area contributed by atoms with Gasteiger partial charge in [0, 0.05) is 12.0 Å². The molecule has 4 rings (SSSR count). The zero-order chi connectivity index (χ0) is 21.7. The molecule has 3 aromatic rings. The summed E-state index contributed by atoms with van der Waals surface area (Å²) in [5, 5.41) is 13.0. The lowest BCUT2D eigenvalue weighted by Gasteiger charge is -2.14. The molecular weight excluding hydrogens is 445 g/mol. The van der Waals surface area contributed by atoms with Crippen molar-refractivity contribution < 1.29 is 36.0 Å². The van der Waals surface area contributed by atoms with E-state index in [-0.39, 0.29) is 21.2 Å². The van der Waals surface area contributed by atoms with E-state index < -0.39 is 39.4 Å². The van der Waals surface area contributed by atoms with Crippen molar-refractivity contribution in [3.05, 3.63) is 59.9 Å². The van der Waals surface area contributed by atoms with Crippen molar-refractivity contribution in [1.29, 1.82) is 0 Å². The van der Waals surface area contributed by atoms with E-state index in [1.807, 2.05) is 0 Å². The minimum Gasteiger partial charge on any atom is -0.480 e. The fraction of sp³-hybridized carbons (Fsp3) is 0.222. The van der Waals surface area contributed by atoms with Crippen molar-refractivity contribution in [2.24, 2.45) is 0 Å². The molecule has 1 fully saturated rings. The Labute approximate surface area is 172 Å². The molecule has 0 spiro atoms. The highest BCUT2D eigenvalue weighted by molar-refractivity contribution is 7.91. The number of carboxylic acid groups (broad SMARTS) is 1. The largest absolute Gasteiger partial charge is 0.480 e. The third-order valence-electron chi connectivity index (χ3n) is 4.75. The highest BCUT2D eigenvalue weighted by Gasteiger charge is 2.63. The number of carbonyl (C=O) groups is 1. The molecule has 1 aliphatic rings. The second-order valence-corrected chi connectivity index (χ2v) is 9.74. The van der Waals surface area contributed by atoms with Gasteiger partial charge in [-0.1, -0.05) is 35.5 Å². The second-order valence-electron chi connectivity index (χ2n) is 6.74. The summed E-state index contributed by atoms with van der Waals surface area (Å²) >= 11 is 0.661. The van der Waals surface area contributed by atoms with E-state index in [1.165, 1.54) is 12.1 Å². The van der Waals surface area contributed by atoms with E-state index in [2.05, 4.69) is 14.4 Å². The zero-order valence-electron chi connectivity index (χ0n) is 14.9. The van der Waals surface area contributed by atoms with Gasteiger partial charge in [-0.15, -0.1) is 11.3 Å². The maximum Gasteiger partial charge on any atom is 0.452 e. The van der Waals surface area contributed by atoms with Crippen molar-refractivity contribution in [3.63, 3.8) is 0 Å². The molecule has 0 bridgehead atoms. The number of sulfonamides is 1. The molecule has 2 heterocycles. The fourth-order valence-corrected chi connectivity index (χ4v) is 5.82. The van der Waals surface area contributed by atoms with Crippen LogP contribution in [-0.4, -0.2) is 30.2 Å². The van der Waals surface area contributed by atoms with Crippen LogP contribution in [0.5, 0.6) is 0 Å². The number of carboxylic acids is 1. The van der Waals surface area contributed by atoms with Crippen LogP contribution in [0.2, 0.25) is 0 Å². The summed E-state index contributed by atoms with van der Waals surface area (Å²) in [6.45, 7) is 0. The third kappa shape index (κ3) is 3.61. The van der Waals surface area contributed by atoms with E-state index in [9.17, 15) is 31.5 Å². The topological polar surface area (TPSA) is 110 Å². The van der Waals surface area contributed by atoms with Crippen LogP contribution < -0.4 is 4.72 Å². The van der Waals surface area contributed by atoms with E-state index in [0.29, 0.717) is 23.0 Å². The highest BCUT2D eigenvalue weighted by atomic mass is 32.2. The fourth-order valence-electron chi connectivity index (χ4n) is 3.16. The number of alkyl halides is 3. The lowest BCUT2D eigenvalue weighted by Crippen LogP contribution is -2.44. The highest BCUT2D eigenvalue weighted by Crippen LogP contribution is 2.52. The number of rotatable bonds is 6. The van der Waals surface area contributed by atoms with Crippen LogP contribution in [0.1, 0.15) is 23.7 Å². The summed E-state index contributed by atoms with van der Waals surface area (Å²) in [7, 11) is -4.24. The number of nitrogens with zero attached hydrogens (tertiary/aromatic N) is 1. The molecule has 2 atom stereocenters. The van der Waals surface area contributed by atoms with Crippen LogP contribution in [-0.2, 0) is 21.0 Å². The zero-order valence-corrected chi connectivity index (χ0v) is 16.5. The van der Waals surface area contributed by atoms with Gasteiger partial charge in [0.25, 0.3) is 10.0 Å². The molecule has 0 amide bonds. The maximum absolute atomic E-state index is 12.8. The molecule has 2 N–H and O–H groups in total. The molecule has 12 heteroatoms. The molecule has 2 aromatic heterocycles. The SMILES string of the molecule is O=C(O)[C@]1(NS(=O)(=O)c2ccc(-c3cc(C(F)(F)F)on3)s2)C[C@H]1c1ccccc1. The number of benzene rings is 1. The normalized spacial score (nSPS) is 21.5. The van der Waals surface area contributed by atoms with Gasteiger partial charge in [-0.2, -0.15) is 17.9 Å². The Bertz CT molecular complexity index is 1200. The van der Waals surface area contributed by atoms with Gasteiger partial charge in [0.1, 0.15) is 15.4 Å². The Morgan fingerprint density at radius 3 is 2.53 bits per heavy atom. The van der Waals surface area contributed by atoms with Gasteiger partial charge in [-0.05, 0) is 24.1 Å². The summed E-state index contributed by atoms with van der Waals surface area (Å²) in [5.74, 6) is -3.14. The van der Waals surface area contributed by atoms with Crippen LogP contribution in [0.3, 0.4) is 0 Å². The lowest BCUT2D eigenvalue weighted by molar-refractivity contribution is -0.155. The first kappa shape index (κ1) is 20.6. The Balaban J connectivity index is 1.59. The first-order valence-electron chi connectivity index (χ1n) is 8.49. The third-order valence-corrected chi connectivity index (χ3v) is 7.86. The van der Waals surface area contributed by atoms with Gasteiger partial charge in [-0.25, -0.2) is 8.42 Å². The standard InChI is InChI=1S/C18H13F3N2O5S2/c19-18(20,21)14-8-12(22-28-14)13-6-7-15(29-13)30(26,27)23-17(16(24)25)9-11(17)10-4-2-1-3-5-10/h1-8,11,23H,9H2,(H,24,25)/t11-,17-/m0/s1. The number of hydrogen-bond donors (Lipinski definition) is 2. The molecule has 1 aliphatic carbocycles. The smallest absolute Gasteiger partial charge is 0.452 e. The molecule has 7 nitrogen and oxygen atoms in total. The van der Waals surface area contributed by atoms with Gasteiger partial charge < -0.3 is 9.63 Å². The Morgan fingerprint density at radius 2 is 1.93 bits per heavy atom. The first-order chi connectivity index (χ1) is 14.0. The molecule has 0 unspecified atom stereocenters. The van der Waals surface area contributed by atoms with E-state index >= 15 is 0 Å². The van der Waals surface area contributed by atoms with E-state index in [0.717, 1.165) is 0 Å². The number of halogens is 3. The Kier molecular flexibility index (Phi) is 4.75. The lowest BCUT2D eigenvalue weighted by atomic mass is 10.1. The summed E-state index contributed by atoms with van der Waals surface area (Å²) in [6.07, 6.45) is -4.63. The van der Waals surface area contributed by atoms with Gasteiger partial charge in [0.2, 0.25) is 5.76 Å². The molecule has 0 saturated heterocycles. The number of aliphatic carboxylic acids is 1. The van der Waals surface area contributed by atoms with Crippen molar-refractivity contribution in [2.45, 2.75) is 28.3 Å². The number of aromatic nitrogens is 1. The molecule has 0 aliphatic heterocycles. The molecule has 0 radical (unpaired) electrons. The molecule has 158 valence electrons. The molecule has 1 saturated carbocycles. The van der Waals surface area contributed by atoms with Crippen molar-refractivity contribution in [2.75, 3.05) is 0 Å². The van der Waals surface area contributed by atoms with Crippen LogP contribution in [0.15, 0.2) is 57.3 Å². The van der Waals surface area contributed by atoms with Crippen LogP contribution in [0.4, 0.5) is 13.2 Å². The monoisotopic (exact) mass is 458 g/mol. The average molecular weight is 458 g/mol. The van der Waals surface area contributed by atoms with Crippen LogP contribution in [0, 0.1) is 0 Å². The van der Waals surface area contributed by atoms with E-state index in [1.54, 1.807) is 30.3 Å². The Hall–Kier alpha value is -2.70. The van der Waals surface area contributed by atoms with Gasteiger partial charge in [0.15, 0.2) is 0 Å². The summed E-state index contributed by atoms with van der Waals surface area (Å²) in [5.41, 5.74) is -1.16. The minimum absolute atomic E-state index is 0.0854. The number of hydrogen-bond acceptors (Lipinski definition) is 6. The molecule has 30 heavy (non-hydrogen) atoms. The van der Waals surface area contributed by atoms with Crippen molar-refractivity contribution in [1.82, 2.24) is 9.88 Å². The van der Waals surface area contributed by atoms with Gasteiger partial charge in [0.05, 0.1) is 4.88 Å². The summed E-state index contributed by atoms with van der Waals surface area (Å²) in [4.78, 5) is 12.0. The predicted molar refractivity (Wildman–Crippen MR) is 99.3 cm³/mol. The van der Waals surface area contributed by atoms with Crippen LogP contribution in [0.25, 0.3) is 10.6 Å². The number of thiophene rings is 1. The van der Waals surface area contributed by atoms with Crippen molar-refractivity contribution in [3.8, 4) is 10.6 Å². The van der Waals surface area contributed by atoms with Crippen LogP contribution >= 0.6 is 11.3 Å². The average Bonchev–Trinajstić information content (AvgIpc) is 3.05. The molecular formula is C18H13F3N2O5S2. The second kappa shape index (κ2) is 6.93. The first-order valence-corrected chi connectivity index (χ1v) is 10.8. The predicted octanol–water partition coefficient (Wildman–Crippen LogP) is 3.71. The van der Waals surface area contributed by atoms with Gasteiger partial charge in [-0.3, -0.25) is 4.79 Å². The minimum atomic E-state index is -4.72. The summed E-state index contributed by atoms with van der Waals surface area (Å²) < 4.78 is 69.8. The maximum atomic E-state index is 12.8. The number of nitrogens with one attached hydrogen (secondary N) is 1. The Morgan fingerprint density at radius 1 is 1.23 bits per heavy atom. The van der Waals surface area contributed by atoms with Crippen molar-refractivity contribution >= 4 is 27.3 Å². The quantitative estimate of drug-likeness (QED) is 0.583. The molecule has 1 aromatic carbocycles.